The summed E-state index contributed by atoms with van der Waals surface area (Å²) in [4.78, 5) is 13.8. The van der Waals surface area contributed by atoms with Crippen molar-refractivity contribution < 1.29 is 9.53 Å². The number of carbonyl (C=O) groups is 1. The summed E-state index contributed by atoms with van der Waals surface area (Å²) in [5, 5.41) is 0.704. The van der Waals surface area contributed by atoms with Crippen LogP contribution >= 0.6 is 11.6 Å². The first-order chi connectivity index (χ1) is 9.20. The van der Waals surface area contributed by atoms with Gasteiger partial charge in [-0.3, -0.25) is 4.79 Å². The van der Waals surface area contributed by atoms with Crippen LogP contribution in [0, 0.1) is 0 Å². The fraction of sp³-hybridized carbons (Fsp3) is 0.500. The van der Waals surface area contributed by atoms with E-state index >= 15 is 0 Å². The summed E-state index contributed by atoms with van der Waals surface area (Å²) in [6.45, 7) is 2.39. The molecular weight excluding hydrogens is 264 g/mol. The molecular formula is C14H19ClN2O2. The van der Waals surface area contributed by atoms with Crippen molar-refractivity contribution >= 4 is 17.5 Å². The molecule has 0 aliphatic carbocycles. The Kier molecular flexibility index (Phi) is 5.19. The summed E-state index contributed by atoms with van der Waals surface area (Å²) in [6, 6.07) is 7.58. The first kappa shape index (κ1) is 14.3. The summed E-state index contributed by atoms with van der Waals surface area (Å²) >= 11 is 5.87. The van der Waals surface area contributed by atoms with Gasteiger partial charge in [-0.05, 0) is 30.7 Å². The number of ether oxygens (including phenoxy) is 1. The minimum atomic E-state index is -0.0622. The Hall–Kier alpha value is -1.10. The van der Waals surface area contributed by atoms with Gasteiger partial charge in [0.15, 0.2) is 0 Å². The molecule has 1 fully saturated rings. The largest absolute Gasteiger partial charge is 0.370 e. The second kappa shape index (κ2) is 6.89. The fourth-order valence-electron chi connectivity index (χ4n) is 2.17. The molecule has 0 bridgehead atoms. The molecule has 104 valence electrons. The topological polar surface area (TPSA) is 55.6 Å². The average molecular weight is 283 g/mol. The van der Waals surface area contributed by atoms with Crippen LogP contribution < -0.4 is 5.73 Å². The van der Waals surface area contributed by atoms with E-state index in [1.807, 2.05) is 29.2 Å². The molecule has 1 aromatic carbocycles. The number of benzene rings is 1. The number of nitrogens with two attached hydrogens (primary N) is 1. The zero-order chi connectivity index (χ0) is 13.7. The smallest absolute Gasteiger partial charge is 0.222 e. The van der Waals surface area contributed by atoms with E-state index in [0.717, 1.165) is 12.0 Å². The van der Waals surface area contributed by atoms with Gasteiger partial charge in [0.2, 0.25) is 5.91 Å². The summed E-state index contributed by atoms with van der Waals surface area (Å²) in [7, 11) is 0. The Morgan fingerprint density at radius 3 is 2.84 bits per heavy atom. The third kappa shape index (κ3) is 3.93. The number of nitrogens with zero attached hydrogens (tertiary/aromatic N) is 1. The van der Waals surface area contributed by atoms with E-state index in [0.29, 0.717) is 37.7 Å². The highest BCUT2D eigenvalue weighted by Crippen LogP contribution is 2.24. The number of hydrogen-bond acceptors (Lipinski definition) is 3. The van der Waals surface area contributed by atoms with Gasteiger partial charge in [0.25, 0.3) is 0 Å². The van der Waals surface area contributed by atoms with E-state index in [9.17, 15) is 4.79 Å². The van der Waals surface area contributed by atoms with Crippen LogP contribution in [0.1, 0.15) is 24.5 Å². The monoisotopic (exact) mass is 282 g/mol. The second-order valence-electron chi connectivity index (χ2n) is 4.64. The van der Waals surface area contributed by atoms with Crippen LogP contribution in [0.5, 0.6) is 0 Å². The molecule has 0 aromatic heterocycles. The molecule has 19 heavy (non-hydrogen) atoms. The van der Waals surface area contributed by atoms with Crippen LogP contribution in [-0.4, -0.2) is 37.0 Å². The quantitative estimate of drug-likeness (QED) is 0.919. The number of morpholine rings is 1. The summed E-state index contributed by atoms with van der Waals surface area (Å²) < 4.78 is 5.73. The van der Waals surface area contributed by atoms with Gasteiger partial charge in [0, 0.05) is 18.0 Å². The van der Waals surface area contributed by atoms with Crippen LogP contribution in [0.15, 0.2) is 24.3 Å². The van der Waals surface area contributed by atoms with Crippen LogP contribution in [0.25, 0.3) is 0 Å². The Morgan fingerprint density at radius 2 is 2.16 bits per heavy atom. The van der Waals surface area contributed by atoms with E-state index in [4.69, 9.17) is 22.1 Å². The molecule has 0 saturated carbocycles. The van der Waals surface area contributed by atoms with Crippen molar-refractivity contribution in [2.75, 3.05) is 26.2 Å². The molecule has 4 nitrogen and oxygen atoms in total. The Balaban J connectivity index is 1.96. The maximum absolute atomic E-state index is 12.0. The van der Waals surface area contributed by atoms with Crippen LogP contribution in [0.2, 0.25) is 5.02 Å². The highest BCUT2D eigenvalue weighted by atomic mass is 35.5. The third-order valence-electron chi connectivity index (χ3n) is 3.26. The molecule has 5 heteroatoms. The fourth-order valence-corrected chi connectivity index (χ4v) is 2.29. The maximum atomic E-state index is 12.0. The van der Waals surface area contributed by atoms with Crippen molar-refractivity contribution in [2.24, 2.45) is 5.73 Å². The van der Waals surface area contributed by atoms with Gasteiger partial charge in [-0.2, -0.15) is 0 Å². The molecule has 1 aliphatic heterocycles. The highest BCUT2D eigenvalue weighted by molar-refractivity contribution is 6.30. The number of amides is 1. The lowest BCUT2D eigenvalue weighted by Crippen LogP contribution is -2.42. The molecule has 2 rings (SSSR count). The maximum Gasteiger partial charge on any atom is 0.222 e. The lowest BCUT2D eigenvalue weighted by Gasteiger charge is -2.33. The van der Waals surface area contributed by atoms with E-state index in [-0.39, 0.29) is 12.0 Å². The molecule has 1 heterocycles. The Labute approximate surface area is 118 Å². The number of halogens is 1. The molecule has 1 saturated heterocycles. The van der Waals surface area contributed by atoms with E-state index in [1.54, 1.807) is 0 Å². The second-order valence-corrected chi connectivity index (χ2v) is 5.08. The van der Waals surface area contributed by atoms with Crippen molar-refractivity contribution in [3.05, 3.63) is 34.9 Å². The molecule has 1 amide bonds. The molecule has 1 atom stereocenters. The SMILES string of the molecule is NCCCC(=O)N1CCOC(c2ccc(Cl)cc2)C1. The van der Waals surface area contributed by atoms with Gasteiger partial charge >= 0.3 is 0 Å². The number of rotatable bonds is 4. The van der Waals surface area contributed by atoms with Crippen molar-refractivity contribution in [3.8, 4) is 0 Å². The van der Waals surface area contributed by atoms with Gasteiger partial charge in [-0.25, -0.2) is 0 Å². The molecule has 1 aliphatic rings. The summed E-state index contributed by atoms with van der Waals surface area (Å²) in [5.41, 5.74) is 6.49. The van der Waals surface area contributed by atoms with Crippen LogP contribution in [0.3, 0.4) is 0 Å². The predicted molar refractivity (Wildman–Crippen MR) is 75.0 cm³/mol. The third-order valence-corrected chi connectivity index (χ3v) is 3.51. The molecule has 0 radical (unpaired) electrons. The van der Waals surface area contributed by atoms with Crippen molar-refractivity contribution in [1.82, 2.24) is 4.90 Å². The first-order valence-electron chi connectivity index (χ1n) is 6.55. The molecule has 0 spiro atoms. The normalized spacial score (nSPS) is 19.5. The van der Waals surface area contributed by atoms with Gasteiger partial charge in [0.05, 0.1) is 13.2 Å². The van der Waals surface area contributed by atoms with Crippen molar-refractivity contribution in [2.45, 2.75) is 18.9 Å². The minimum Gasteiger partial charge on any atom is -0.370 e. The van der Waals surface area contributed by atoms with Crippen LogP contribution in [0.4, 0.5) is 0 Å². The highest BCUT2D eigenvalue weighted by Gasteiger charge is 2.24. The predicted octanol–water partition coefficient (Wildman–Crippen LogP) is 1.98. The van der Waals surface area contributed by atoms with Gasteiger partial charge in [-0.15, -0.1) is 0 Å². The zero-order valence-corrected chi connectivity index (χ0v) is 11.6. The van der Waals surface area contributed by atoms with Gasteiger partial charge < -0.3 is 15.4 Å². The summed E-state index contributed by atoms with van der Waals surface area (Å²) in [6.07, 6.45) is 1.19. The standard InChI is InChI=1S/C14H19ClN2O2/c15-12-5-3-11(4-6-12)13-10-17(8-9-19-13)14(18)2-1-7-16/h3-6,13H,1-2,7-10,16H2. The Morgan fingerprint density at radius 1 is 1.42 bits per heavy atom. The summed E-state index contributed by atoms with van der Waals surface area (Å²) in [5.74, 6) is 0.160. The zero-order valence-electron chi connectivity index (χ0n) is 10.8. The van der Waals surface area contributed by atoms with Crippen molar-refractivity contribution in [3.63, 3.8) is 0 Å². The molecule has 1 unspecified atom stereocenters. The number of carbonyl (C=O) groups excluding carboxylic acids is 1. The Bertz CT molecular complexity index is 422. The van der Waals surface area contributed by atoms with Crippen LogP contribution in [-0.2, 0) is 9.53 Å². The number of hydrogen-bond donors (Lipinski definition) is 1. The average Bonchev–Trinajstić information content (AvgIpc) is 2.45. The molecule has 1 aromatic rings. The van der Waals surface area contributed by atoms with E-state index < -0.39 is 0 Å². The van der Waals surface area contributed by atoms with E-state index in [1.165, 1.54) is 0 Å². The van der Waals surface area contributed by atoms with Gasteiger partial charge in [0.1, 0.15) is 6.10 Å². The van der Waals surface area contributed by atoms with Crippen molar-refractivity contribution in [1.29, 1.82) is 0 Å². The first-order valence-corrected chi connectivity index (χ1v) is 6.93. The lowest BCUT2D eigenvalue weighted by atomic mass is 10.1. The molecule has 2 N–H and O–H groups in total. The lowest BCUT2D eigenvalue weighted by molar-refractivity contribution is -0.139. The minimum absolute atomic E-state index is 0.0622. The van der Waals surface area contributed by atoms with Gasteiger partial charge in [-0.1, -0.05) is 23.7 Å². The van der Waals surface area contributed by atoms with E-state index in [2.05, 4.69) is 0 Å².